The molecule has 5 heteroatoms. The molecule has 2 rings (SSSR count). The fourth-order valence-corrected chi connectivity index (χ4v) is 1.98. The van der Waals surface area contributed by atoms with E-state index in [4.69, 9.17) is 4.42 Å². The molecule has 0 aromatic carbocycles. The quantitative estimate of drug-likeness (QED) is 0.869. The third-order valence-corrected chi connectivity index (χ3v) is 2.97. The third kappa shape index (κ3) is 3.44. The second-order valence-electron chi connectivity index (χ2n) is 5.13. The Bertz CT molecular complexity index is 516. The Hall–Kier alpha value is -1.62. The van der Waals surface area contributed by atoms with Crippen LogP contribution in [0.15, 0.2) is 22.9 Å². The van der Waals surface area contributed by atoms with E-state index in [0.29, 0.717) is 18.1 Å². The van der Waals surface area contributed by atoms with Crippen LogP contribution >= 0.6 is 0 Å². The van der Waals surface area contributed by atoms with E-state index >= 15 is 0 Å². The van der Waals surface area contributed by atoms with Crippen LogP contribution in [0.2, 0.25) is 0 Å². The molecule has 0 aliphatic rings. The molecule has 1 atom stereocenters. The van der Waals surface area contributed by atoms with Crippen LogP contribution in [0, 0.1) is 5.92 Å². The Morgan fingerprint density at radius 2 is 2.16 bits per heavy atom. The zero-order valence-corrected chi connectivity index (χ0v) is 11.7. The van der Waals surface area contributed by atoms with Crippen LogP contribution < -0.4 is 0 Å². The predicted octanol–water partition coefficient (Wildman–Crippen LogP) is 2.37. The van der Waals surface area contributed by atoms with Crippen molar-refractivity contribution in [1.82, 2.24) is 14.8 Å². The summed E-state index contributed by atoms with van der Waals surface area (Å²) in [5.41, 5.74) is 0. The van der Waals surface area contributed by atoms with E-state index in [-0.39, 0.29) is 0 Å². The average Bonchev–Trinajstić information content (AvgIpc) is 2.98. The molecule has 0 bridgehead atoms. The Kier molecular flexibility index (Phi) is 4.37. The predicted molar refractivity (Wildman–Crippen MR) is 71.6 cm³/mol. The van der Waals surface area contributed by atoms with Gasteiger partial charge in [-0.15, -0.1) is 0 Å². The molecule has 0 saturated carbocycles. The molecule has 2 aromatic heterocycles. The van der Waals surface area contributed by atoms with E-state index in [9.17, 15) is 5.11 Å². The van der Waals surface area contributed by atoms with Gasteiger partial charge in [-0.2, -0.15) is 5.10 Å². The number of aryl methyl sites for hydroxylation is 1. The van der Waals surface area contributed by atoms with E-state index in [1.54, 1.807) is 0 Å². The summed E-state index contributed by atoms with van der Waals surface area (Å²) in [6.45, 7) is 7.08. The smallest absolute Gasteiger partial charge is 0.138 e. The minimum absolute atomic E-state index is 0.420. The molecule has 0 radical (unpaired) electrons. The first-order chi connectivity index (χ1) is 9.10. The largest absolute Gasteiger partial charge is 0.463 e. The van der Waals surface area contributed by atoms with Crippen molar-refractivity contribution in [1.29, 1.82) is 0 Å². The molecule has 0 saturated heterocycles. The molecule has 2 aromatic rings. The zero-order valence-electron chi connectivity index (χ0n) is 11.7. The van der Waals surface area contributed by atoms with E-state index in [0.717, 1.165) is 24.6 Å². The maximum Gasteiger partial charge on any atom is 0.138 e. The molecule has 0 amide bonds. The maximum atomic E-state index is 10.2. The van der Waals surface area contributed by atoms with Gasteiger partial charge in [-0.1, -0.05) is 20.8 Å². The van der Waals surface area contributed by atoms with Crippen molar-refractivity contribution < 1.29 is 9.52 Å². The maximum absolute atomic E-state index is 10.2. The summed E-state index contributed by atoms with van der Waals surface area (Å²) in [7, 11) is 0. The third-order valence-electron chi connectivity index (χ3n) is 2.97. The normalized spacial score (nSPS) is 13.1. The molecule has 1 unspecified atom stereocenters. The zero-order chi connectivity index (χ0) is 13.8. The van der Waals surface area contributed by atoms with Crippen LogP contribution in [-0.2, 0) is 19.4 Å². The van der Waals surface area contributed by atoms with E-state index in [1.807, 2.05) is 23.7 Å². The summed E-state index contributed by atoms with van der Waals surface area (Å²) in [5, 5.41) is 14.4. The second kappa shape index (κ2) is 6.02. The Labute approximate surface area is 113 Å². The molecule has 19 heavy (non-hydrogen) atoms. The Balaban J connectivity index is 2.06. The SMILES string of the molecule is CCc1ccc(C(O)Cc2ncnn2CC(C)C)o1. The van der Waals surface area contributed by atoms with Crippen molar-refractivity contribution in [2.24, 2.45) is 5.92 Å². The van der Waals surface area contributed by atoms with Crippen LogP contribution in [0.5, 0.6) is 0 Å². The number of aliphatic hydroxyl groups excluding tert-OH is 1. The summed E-state index contributed by atoms with van der Waals surface area (Å²) in [4.78, 5) is 4.21. The molecule has 0 spiro atoms. The molecule has 5 nitrogen and oxygen atoms in total. The number of aliphatic hydroxyl groups is 1. The van der Waals surface area contributed by atoms with Crippen LogP contribution in [0.25, 0.3) is 0 Å². The lowest BCUT2D eigenvalue weighted by atomic mass is 10.2. The second-order valence-corrected chi connectivity index (χ2v) is 5.13. The summed E-state index contributed by atoms with van der Waals surface area (Å²) in [6.07, 6.45) is 2.11. The molecular weight excluding hydrogens is 242 g/mol. The molecule has 104 valence electrons. The van der Waals surface area contributed by atoms with Crippen molar-refractivity contribution >= 4 is 0 Å². The highest BCUT2D eigenvalue weighted by molar-refractivity contribution is 5.10. The van der Waals surface area contributed by atoms with Crippen LogP contribution in [0.4, 0.5) is 0 Å². The first-order valence-corrected chi connectivity index (χ1v) is 6.73. The first-order valence-electron chi connectivity index (χ1n) is 6.73. The van der Waals surface area contributed by atoms with Gasteiger partial charge in [0.2, 0.25) is 0 Å². The fraction of sp³-hybridized carbons (Fsp3) is 0.571. The van der Waals surface area contributed by atoms with Crippen LogP contribution in [0.3, 0.4) is 0 Å². The number of hydrogen-bond donors (Lipinski definition) is 1. The van der Waals surface area contributed by atoms with Gasteiger partial charge in [-0.25, -0.2) is 9.67 Å². The van der Waals surface area contributed by atoms with Crippen molar-refractivity contribution in [3.05, 3.63) is 35.8 Å². The van der Waals surface area contributed by atoms with Gasteiger partial charge in [-0.05, 0) is 18.1 Å². The lowest BCUT2D eigenvalue weighted by molar-refractivity contribution is 0.144. The number of furan rings is 1. The number of aromatic nitrogens is 3. The first kappa shape index (κ1) is 13.8. The standard InChI is InChI=1S/C14H21N3O2/c1-4-11-5-6-13(19-11)12(18)7-14-15-9-16-17(14)8-10(2)3/h5-6,9-10,12,18H,4,7-8H2,1-3H3. The molecule has 0 fully saturated rings. The lowest BCUT2D eigenvalue weighted by Crippen LogP contribution is -2.13. The highest BCUT2D eigenvalue weighted by Gasteiger charge is 2.16. The van der Waals surface area contributed by atoms with Gasteiger partial charge >= 0.3 is 0 Å². The summed E-state index contributed by atoms with van der Waals surface area (Å²) >= 11 is 0. The van der Waals surface area contributed by atoms with Gasteiger partial charge < -0.3 is 9.52 Å². The van der Waals surface area contributed by atoms with Gasteiger partial charge in [0.25, 0.3) is 0 Å². The molecule has 1 N–H and O–H groups in total. The van der Waals surface area contributed by atoms with Crippen LogP contribution in [0.1, 0.15) is 44.2 Å². The van der Waals surface area contributed by atoms with Gasteiger partial charge in [0.05, 0.1) is 0 Å². The summed E-state index contributed by atoms with van der Waals surface area (Å²) in [6, 6.07) is 3.73. The Morgan fingerprint density at radius 1 is 1.37 bits per heavy atom. The van der Waals surface area contributed by atoms with Gasteiger partial charge in [0.15, 0.2) is 0 Å². The van der Waals surface area contributed by atoms with E-state index in [2.05, 4.69) is 23.9 Å². The lowest BCUT2D eigenvalue weighted by Gasteiger charge is -2.11. The fourth-order valence-electron chi connectivity index (χ4n) is 1.98. The van der Waals surface area contributed by atoms with Crippen molar-refractivity contribution in [2.45, 2.75) is 46.3 Å². The molecule has 0 aliphatic carbocycles. The highest BCUT2D eigenvalue weighted by Crippen LogP contribution is 2.20. The molecule has 0 aliphatic heterocycles. The van der Waals surface area contributed by atoms with Gasteiger partial charge in [-0.3, -0.25) is 0 Å². The number of hydrogen-bond acceptors (Lipinski definition) is 4. The number of rotatable bonds is 6. The average molecular weight is 263 g/mol. The van der Waals surface area contributed by atoms with Gasteiger partial charge in [0, 0.05) is 19.4 Å². The van der Waals surface area contributed by atoms with Crippen LogP contribution in [-0.4, -0.2) is 19.9 Å². The Morgan fingerprint density at radius 3 is 2.79 bits per heavy atom. The minimum atomic E-state index is -0.671. The van der Waals surface area contributed by atoms with Crippen molar-refractivity contribution in [2.75, 3.05) is 0 Å². The van der Waals surface area contributed by atoms with Crippen molar-refractivity contribution in [3.8, 4) is 0 Å². The van der Waals surface area contributed by atoms with E-state index < -0.39 is 6.10 Å². The minimum Gasteiger partial charge on any atom is -0.463 e. The summed E-state index contributed by atoms with van der Waals surface area (Å²) < 4.78 is 7.40. The monoisotopic (exact) mass is 263 g/mol. The van der Waals surface area contributed by atoms with Gasteiger partial charge in [0.1, 0.15) is 29.8 Å². The molecular formula is C14H21N3O2. The highest BCUT2D eigenvalue weighted by atomic mass is 16.4. The van der Waals surface area contributed by atoms with E-state index in [1.165, 1.54) is 6.33 Å². The topological polar surface area (TPSA) is 64.1 Å². The number of nitrogens with zero attached hydrogens (tertiary/aromatic N) is 3. The molecule has 2 heterocycles. The van der Waals surface area contributed by atoms with Crippen molar-refractivity contribution in [3.63, 3.8) is 0 Å². The summed E-state index contributed by atoms with van der Waals surface area (Å²) in [5.74, 6) is 2.76.